The third-order valence-electron chi connectivity index (χ3n) is 3.98. The molecule has 3 N–H and O–H groups in total. The zero-order valence-electron chi connectivity index (χ0n) is 12.3. The van der Waals surface area contributed by atoms with Crippen molar-refractivity contribution in [3.63, 3.8) is 0 Å². The first kappa shape index (κ1) is 15.0. The van der Waals surface area contributed by atoms with Gasteiger partial charge in [-0.25, -0.2) is 0 Å². The van der Waals surface area contributed by atoms with Crippen LogP contribution in [0.4, 0.5) is 0 Å². The molecule has 1 aliphatic rings. The van der Waals surface area contributed by atoms with Gasteiger partial charge in [0.25, 0.3) is 0 Å². The Balaban J connectivity index is 1.94. The third kappa shape index (κ3) is 4.32. The smallest absolute Gasteiger partial charge is 0.248 e. The molecule has 1 aromatic carbocycles. The highest BCUT2D eigenvalue weighted by molar-refractivity contribution is 5.92. The van der Waals surface area contributed by atoms with Gasteiger partial charge in [-0.05, 0) is 56.1 Å². The van der Waals surface area contributed by atoms with Gasteiger partial charge in [0, 0.05) is 18.7 Å². The van der Waals surface area contributed by atoms with E-state index in [9.17, 15) is 4.79 Å². The number of primary amides is 1. The van der Waals surface area contributed by atoms with E-state index in [1.165, 1.54) is 12.8 Å². The predicted molar refractivity (Wildman–Crippen MR) is 81.5 cm³/mol. The molecule has 0 aromatic heterocycles. The number of carbonyl (C=O) groups excluding carboxylic acids is 1. The lowest BCUT2D eigenvalue weighted by Gasteiger charge is -2.29. The first-order valence-corrected chi connectivity index (χ1v) is 7.51. The summed E-state index contributed by atoms with van der Waals surface area (Å²) in [5.74, 6) is 0.384. The van der Waals surface area contributed by atoms with E-state index in [0.29, 0.717) is 5.56 Å². The van der Waals surface area contributed by atoms with Crippen molar-refractivity contribution in [2.24, 2.45) is 11.7 Å². The zero-order chi connectivity index (χ0) is 14.4. The van der Waals surface area contributed by atoms with Crippen LogP contribution in [0.2, 0.25) is 0 Å². The molecule has 1 aliphatic heterocycles. The average molecular weight is 275 g/mol. The van der Waals surface area contributed by atoms with Crippen molar-refractivity contribution >= 4 is 5.91 Å². The molecule has 0 saturated carbocycles. The zero-order valence-corrected chi connectivity index (χ0v) is 12.3. The van der Waals surface area contributed by atoms with Crippen LogP contribution in [-0.2, 0) is 6.54 Å². The molecule has 0 bridgehead atoms. The largest absolute Gasteiger partial charge is 0.366 e. The van der Waals surface area contributed by atoms with E-state index < -0.39 is 0 Å². The normalized spacial score (nSPS) is 19.2. The summed E-state index contributed by atoms with van der Waals surface area (Å²) in [6.45, 7) is 7.49. The Morgan fingerprint density at radius 2 is 2.35 bits per heavy atom. The molecular weight excluding hydrogens is 250 g/mol. The van der Waals surface area contributed by atoms with Crippen LogP contribution in [0.5, 0.6) is 0 Å². The molecule has 1 saturated heterocycles. The highest BCUT2D eigenvalue weighted by atomic mass is 16.1. The van der Waals surface area contributed by atoms with Gasteiger partial charge in [-0.15, -0.1) is 0 Å². The van der Waals surface area contributed by atoms with Gasteiger partial charge in [-0.3, -0.25) is 9.69 Å². The Morgan fingerprint density at radius 1 is 1.50 bits per heavy atom. The van der Waals surface area contributed by atoms with Gasteiger partial charge >= 0.3 is 0 Å². The molecule has 1 amide bonds. The molecule has 4 nitrogen and oxygen atoms in total. The lowest BCUT2D eigenvalue weighted by atomic mass is 9.99. The van der Waals surface area contributed by atoms with Gasteiger partial charge in [-0.2, -0.15) is 0 Å². The minimum Gasteiger partial charge on any atom is -0.366 e. The van der Waals surface area contributed by atoms with E-state index in [1.54, 1.807) is 6.07 Å². The van der Waals surface area contributed by atoms with Crippen molar-refractivity contribution in [3.8, 4) is 0 Å². The molecule has 4 heteroatoms. The van der Waals surface area contributed by atoms with Crippen LogP contribution >= 0.6 is 0 Å². The highest BCUT2D eigenvalue weighted by Gasteiger charge is 2.16. The summed E-state index contributed by atoms with van der Waals surface area (Å²) >= 11 is 0. The predicted octanol–water partition coefficient (Wildman–Crippen LogP) is 1.61. The number of piperidine rings is 1. The number of hydrogen-bond acceptors (Lipinski definition) is 3. The summed E-state index contributed by atoms with van der Waals surface area (Å²) in [7, 11) is 0. The van der Waals surface area contributed by atoms with Gasteiger partial charge in [0.05, 0.1) is 0 Å². The molecule has 1 aromatic rings. The number of nitrogens with one attached hydrogen (secondary N) is 1. The van der Waals surface area contributed by atoms with Gasteiger partial charge in [0.2, 0.25) is 5.91 Å². The van der Waals surface area contributed by atoms with E-state index in [4.69, 9.17) is 5.73 Å². The summed E-state index contributed by atoms with van der Waals surface area (Å²) in [4.78, 5) is 13.7. The van der Waals surface area contributed by atoms with Gasteiger partial charge < -0.3 is 11.1 Å². The SMILES string of the molecule is CCN(Cc1cccc(C(N)=O)c1)CC1CCCNC1. The molecular formula is C16H25N3O. The minimum atomic E-state index is -0.355. The van der Waals surface area contributed by atoms with Crippen molar-refractivity contribution < 1.29 is 4.79 Å². The Hall–Kier alpha value is -1.39. The maximum atomic E-state index is 11.2. The standard InChI is InChI=1S/C16H25N3O/c1-2-19(12-14-6-4-8-18-10-14)11-13-5-3-7-15(9-13)16(17)20/h3,5,7,9,14,18H,2,4,6,8,10-12H2,1H3,(H2,17,20). The Morgan fingerprint density at radius 3 is 3.00 bits per heavy atom. The summed E-state index contributed by atoms with van der Waals surface area (Å²) in [5.41, 5.74) is 7.09. The summed E-state index contributed by atoms with van der Waals surface area (Å²) in [5, 5.41) is 3.46. The Kier molecular flexibility index (Phi) is 5.56. The van der Waals surface area contributed by atoms with Crippen LogP contribution in [0.1, 0.15) is 35.7 Å². The topological polar surface area (TPSA) is 58.4 Å². The van der Waals surface area contributed by atoms with Gasteiger partial charge in [-0.1, -0.05) is 19.1 Å². The van der Waals surface area contributed by atoms with E-state index in [0.717, 1.165) is 44.2 Å². The first-order chi connectivity index (χ1) is 9.69. The summed E-state index contributed by atoms with van der Waals surface area (Å²) < 4.78 is 0. The second kappa shape index (κ2) is 7.41. The Labute approximate surface area is 121 Å². The number of amides is 1. The molecule has 0 radical (unpaired) electrons. The van der Waals surface area contributed by atoms with Gasteiger partial charge in [0.1, 0.15) is 0 Å². The maximum absolute atomic E-state index is 11.2. The van der Waals surface area contributed by atoms with Crippen molar-refractivity contribution in [2.45, 2.75) is 26.3 Å². The van der Waals surface area contributed by atoms with E-state index in [-0.39, 0.29) is 5.91 Å². The first-order valence-electron chi connectivity index (χ1n) is 7.51. The third-order valence-corrected chi connectivity index (χ3v) is 3.98. The van der Waals surface area contributed by atoms with Gasteiger partial charge in [0.15, 0.2) is 0 Å². The van der Waals surface area contributed by atoms with Crippen LogP contribution in [0.25, 0.3) is 0 Å². The van der Waals surface area contributed by atoms with Crippen molar-refractivity contribution in [1.29, 1.82) is 0 Å². The second-order valence-corrected chi connectivity index (χ2v) is 5.60. The molecule has 1 atom stereocenters. The molecule has 1 fully saturated rings. The van der Waals surface area contributed by atoms with Crippen LogP contribution in [0.15, 0.2) is 24.3 Å². The van der Waals surface area contributed by atoms with Crippen LogP contribution in [0, 0.1) is 5.92 Å². The molecule has 1 unspecified atom stereocenters. The highest BCUT2D eigenvalue weighted by Crippen LogP contribution is 2.14. The second-order valence-electron chi connectivity index (χ2n) is 5.60. The van der Waals surface area contributed by atoms with Crippen molar-refractivity contribution in [3.05, 3.63) is 35.4 Å². The van der Waals surface area contributed by atoms with Crippen LogP contribution in [-0.4, -0.2) is 37.0 Å². The fraction of sp³-hybridized carbons (Fsp3) is 0.562. The van der Waals surface area contributed by atoms with Crippen LogP contribution in [0.3, 0.4) is 0 Å². The van der Waals surface area contributed by atoms with E-state index in [1.807, 2.05) is 12.1 Å². The fourth-order valence-electron chi connectivity index (χ4n) is 2.83. The van der Waals surface area contributed by atoms with E-state index in [2.05, 4.69) is 23.2 Å². The number of nitrogens with zero attached hydrogens (tertiary/aromatic N) is 1. The molecule has 20 heavy (non-hydrogen) atoms. The number of carbonyl (C=O) groups is 1. The lowest BCUT2D eigenvalue weighted by Crippen LogP contribution is -2.38. The molecule has 2 rings (SSSR count). The molecule has 1 heterocycles. The minimum absolute atomic E-state index is 0.355. The number of rotatable bonds is 6. The quantitative estimate of drug-likeness (QED) is 0.829. The molecule has 110 valence electrons. The van der Waals surface area contributed by atoms with Crippen molar-refractivity contribution in [2.75, 3.05) is 26.2 Å². The summed E-state index contributed by atoms with van der Waals surface area (Å²) in [6, 6.07) is 7.65. The Bertz CT molecular complexity index is 441. The maximum Gasteiger partial charge on any atom is 0.248 e. The fourth-order valence-corrected chi connectivity index (χ4v) is 2.83. The van der Waals surface area contributed by atoms with E-state index >= 15 is 0 Å². The monoisotopic (exact) mass is 275 g/mol. The number of nitrogens with two attached hydrogens (primary N) is 1. The summed E-state index contributed by atoms with van der Waals surface area (Å²) in [6.07, 6.45) is 2.59. The average Bonchev–Trinajstić information content (AvgIpc) is 2.48. The number of hydrogen-bond donors (Lipinski definition) is 2. The molecule has 0 spiro atoms. The number of benzene rings is 1. The van der Waals surface area contributed by atoms with Crippen LogP contribution < -0.4 is 11.1 Å². The lowest BCUT2D eigenvalue weighted by molar-refractivity contribution is 0.1000. The molecule has 0 aliphatic carbocycles. The van der Waals surface area contributed by atoms with Crippen molar-refractivity contribution in [1.82, 2.24) is 10.2 Å².